The molecule has 0 aromatic heterocycles. The smallest absolute Gasteiger partial charge is 0.0148 e. The molecule has 0 aliphatic carbocycles. The molecule has 1 heteroatoms. The van der Waals surface area contributed by atoms with Crippen LogP contribution in [-0.2, 0) is 0 Å². The van der Waals surface area contributed by atoms with Gasteiger partial charge in [0.1, 0.15) is 0 Å². The Kier molecular flexibility index (Phi) is 5.32. The lowest BCUT2D eigenvalue weighted by Crippen LogP contribution is -2.45. The number of hydrogen-bond acceptors (Lipinski definition) is 1. The van der Waals surface area contributed by atoms with Gasteiger partial charge < -0.3 is 5.32 Å². The molecule has 0 aromatic carbocycles. The van der Waals surface area contributed by atoms with Crippen molar-refractivity contribution in [1.82, 2.24) is 5.32 Å². The summed E-state index contributed by atoms with van der Waals surface area (Å²) in [7, 11) is 0. The van der Waals surface area contributed by atoms with E-state index in [9.17, 15) is 0 Å². The van der Waals surface area contributed by atoms with Gasteiger partial charge in [0.25, 0.3) is 0 Å². The SMILES string of the molecule is CC(C)C(C)(C)CCNC(C)(C)C(C)C. The number of hydrogen-bond donors (Lipinski definition) is 1. The van der Waals surface area contributed by atoms with Crippen molar-refractivity contribution < 1.29 is 0 Å². The molecule has 0 atom stereocenters. The molecule has 0 saturated carbocycles. The van der Waals surface area contributed by atoms with Crippen molar-refractivity contribution in [3.05, 3.63) is 0 Å². The highest BCUT2D eigenvalue weighted by atomic mass is 15.0. The van der Waals surface area contributed by atoms with Crippen LogP contribution in [0.25, 0.3) is 0 Å². The summed E-state index contributed by atoms with van der Waals surface area (Å²) >= 11 is 0. The predicted molar refractivity (Wildman–Crippen MR) is 70.2 cm³/mol. The molecule has 0 aromatic rings. The number of rotatable bonds is 6. The van der Waals surface area contributed by atoms with Gasteiger partial charge in [-0.3, -0.25) is 0 Å². The first-order valence-electron chi connectivity index (χ1n) is 6.34. The van der Waals surface area contributed by atoms with Gasteiger partial charge in [0, 0.05) is 5.54 Å². The van der Waals surface area contributed by atoms with Crippen molar-refractivity contribution in [2.45, 2.75) is 67.3 Å². The van der Waals surface area contributed by atoms with Crippen molar-refractivity contribution >= 4 is 0 Å². The van der Waals surface area contributed by atoms with Crippen LogP contribution in [0.5, 0.6) is 0 Å². The van der Waals surface area contributed by atoms with E-state index in [0.29, 0.717) is 11.3 Å². The van der Waals surface area contributed by atoms with Gasteiger partial charge in [0.15, 0.2) is 0 Å². The van der Waals surface area contributed by atoms with Crippen LogP contribution in [0.3, 0.4) is 0 Å². The number of nitrogens with one attached hydrogen (secondary N) is 1. The van der Waals surface area contributed by atoms with E-state index in [1.807, 2.05) is 0 Å². The molecule has 15 heavy (non-hydrogen) atoms. The largest absolute Gasteiger partial charge is 0.312 e. The van der Waals surface area contributed by atoms with Crippen LogP contribution in [0.2, 0.25) is 0 Å². The summed E-state index contributed by atoms with van der Waals surface area (Å²) in [5, 5.41) is 3.67. The van der Waals surface area contributed by atoms with Crippen LogP contribution < -0.4 is 5.32 Å². The Bertz CT molecular complexity index is 158. The fourth-order valence-corrected chi connectivity index (χ4v) is 1.20. The summed E-state index contributed by atoms with van der Waals surface area (Å²) in [6.45, 7) is 19.6. The molecular weight excluding hydrogens is 182 g/mol. The van der Waals surface area contributed by atoms with E-state index in [-0.39, 0.29) is 5.54 Å². The molecule has 0 spiro atoms. The molecule has 0 saturated heterocycles. The lowest BCUT2D eigenvalue weighted by atomic mass is 9.78. The van der Waals surface area contributed by atoms with Gasteiger partial charge in [-0.15, -0.1) is 0 Å². The third-order valence-corrected chi connectivity index (χ3v) is 4.36. The third-order valence-electron chi connectivity index (χ3n) is 4.36. The second kappa shape index (κ2) is 5.34. The molecule has 0 aliphatic rings. The van der Waals surface area contributed by atoms with Gasteiger partial charge in [-0.2, -0.15) is 0 Å². The van der Waals surface area contributed by atoms with E-state index in [1.165, 1.54) is 6.42 Å². The van der Waals surface area contributed by atoms with Crippen LogP contribution in [0.1, 0.15) is 61.8 Å². The zero-order valence-electron chi connectivity index (χ0n) is 12.1. The first-order chi connectivity index (χ1) is 6.59. The van der Waals surface area contributed by atoms with Gasteiger partial charge in [0.2, 0.25) is 0 Å². The summed E-state index contributed by atoms with van der Waals surface area (Å²) in [6.07, 6.45) is 1.25. The minimum atomic E-state index is 0.257. The molecule has 92 valence electrons. The second-order valence-corrected chi connectivity index (χ2v) is 6.70. The van der Waals surface area contributed by atoms with Crippen LogP contribution in [0.4, 0.5) is 0 Å². The Labute approximate surface area is 97.0 Å². The third kappa shape index (κ3) is 5.01. The lowest BCUT2D eigenvalue weighted by Gasteiger charge is -2.34. The predicted octanol–water partition coefficient (Wildman–Crippen LogP) is 4.08. The fraction of sp³-hybridized carbons (Fsp3) is 1.00. The van der Waals surface area contributed by atoms with Crippen molar-refractivity contribution in [3.63, 3.8) is 0 Å². The average Bonchev–Trinajstić information content (AvgIpc) is 2.02. The van der Waals surface area contributed by atoms with Crippen LogP contribution >= 0.6 is 0 Å². The summed E-state index contributed by atoms with van der Waals surface area (Å²) in [5.74, 6) is 1.43. The molecule has 1 N–H and O–H groups in total. The van der Waals surface area contributed by atoms with Gasteiger partial charge in [-0.1, -0.05) is 41.5 Å². The lowest BCUT2D eigenvalue weighted by molar-refractivity contribution is 0.204. The highest BCUT2D eigenvalue weighted by molar-refractivity contribution is 4.82. The first-order valence-corrected chi connectivity index (χ1v) is 6.34. The molecule has 0 amide bonds. The molecule has 0 heterocycles. The molecule has 0 bridgehead atoms. The van der Waals surface area contributed by atoms with Gasteiger partial charge in [-0.25, -0.2) is 0 Å². The average molecular weight is 213 g/mol. The van der Waals surface area contributed by atoms with E-state index in [2.05, 4.69) is 60.7 Å². The summed E-state index contributed by atoms with van der Waals surface area (Å²) in [4.78, 5) is 0. The molecule has 0 unspecified atom stereocenters. The Morgan fingerprint density at radius 3 is 1.67 bits per heavy atom. The van der Waals surface area contributed by atoms with E-state index in [4.69, 9.17) is 0 Å². The van der Waals surface area contributed by atoms with Gasteiger partial charge in [0.05, 0.1) is 0 Å². The van der Waals surface area contributed by atoms with Crippen molar-refractivity contribution in [2.75, 3.05) is 6.54 Å². The maximum Gasteiger partial charge on any atom is 0.0148 e. The van der Waals surface area contributed by atoms with Gasteiger partial charge >= 0.3 is 0 Å². The molecule has 0 aliphatic heterocycles. The normalized spacial score (nSPS) is 14.0. The molecule has 0 fully saturated rings. The second-order valence-electron chi connectivity index (χ2n) is 6.70. The van der Waals surface area contributed by atoms with E-state index in [1.54, 1.807) is 0 Å². The maximum atomic E-state index is 3.67. The standard InChI is InChI=1S/C14H31N/c1-11(2)13(5,6)9-10-15-14(7,8)12(3)4/h11-12,15H,9-10H2,1-8H3. The Morgan fingerprint density at radius 2 is 1.33 bits per heavy atom. The van der Waals surface area contributed by atoms with Crippen LogP contribution in [-0.4, -0.2) is 12.1 Å². The Balaban J connectivity index is 4.00. The Morgan fingerprint density at radius 1 is 0.867 bits per heavy atom. The maximum absolute atomic E-state index is 3.67. The molecule has 0 radical (unpaired) electrons. The molecule has 0 rings (SSSR count). The summed E-state index contributed by atoms with van der Waals surface area (Å²) < 4.78 is 0. The zero-order valence-corrected chi connectivity index (χ0v) is 12.1. The monoisotopic (exact) mass is 213 g/mol. The van der Waals surface area contributed by atoms with Crippen molar-refractivity contribution in [2.24, 2.45) is 17.3 Å². The van der Waals surface area contributed by atoms with Crippen LogP contribution in [0, 0.1) is 17.3 Å². The van der Waals surface area contributed by atoms with E-state index < -0.39 is 0 Å². The summed E-state index contributed by atoms with van der Waals surface area (Å²) in [6, 6.07) is 0. The molecule has 1 nitrogen and oxygen atoms in total. The van der Waals surface area contributed by atoms with Crippen molar-refractivity contribution in [3.8, 4) is 0 Å². The van der Waals surface area contributed by atoms with E-state index in [0.717, 1.165) is 12.5 Å². The Hall–Kier alpha value is -0.0400. The fourth-order valence-electron chi connectivity index (χ4n) is 1.20. The highest BCUT2D eigenvalue weighted by Crippen LogP contribution is 2.29. The van der Waals surface area contributed by atoms with Crippen LogP contribution in [0.15, 0.2) is 0 Å². The zero-order chi connectivity index (χ0) is 12.3. The minimum Gasteiger partial charge on any atom is -0.312 e. The first kappa shape index (κ1) is 15.0. The highest BCUT2D eigenvalue weighted by Gasteiger charge is 2.25. The topological polar surface area (TPSA) is 12.0 Å². The quantitative estimate of drug-likeness (QED) is 0.701. The van der Waals surface area contributed by atoms with Crippen molar-refractivity contribution in [1.29, 1.82) is 0 Å². The minimum absolute atomic E-state index is 0.257. The van der Waals surface area contributed by atoms with Gasteiger partial charge in [-0.05, 0) is 44.1 Å². The summed E-state index contributed by atoms with van der Waals surface area (Å²) in [5.41, 5.74) is 0.702. The van der Waals surface area contributed by atoms with E-state index >= 15 is 0 Å². The molecular formula is C14H31N.